The van der Waals surface area contributed by atoms with Crippen LogP contribution in [0.2, 0.25) is 0 Å². The molecule has 2 rings (SSSR count). The molecular formula is C13H11FN2O3. The Hall–Kier alpha value is -2.50. The van der Waals surface area contributed by atoms with E-state index in [1.165, 1.54) is 24.3 Å². The number of aromatic nitrogens is 2. The Morgan fingerprint density at radius 1 is 1.32 bits per heavy atom. The molecule has 2 aromatic rings. The number of halogens is 1. The summed E-state index contributed by atoms with van der Waals surface area (Å²) in [7, 11) is 0. The third-order valence-corrected chi connectivity index (χ3v) is 2.52. The van der Waals surface area contributed by atoms with Crippen LogP contribution in [0.15, 0.2) is 41.2 Å². The molecule has 5 nitrogen and oxygen atoms in total. The van der Waals surface area contributed by atoms with Crippen molar-refractivity contribution in [3.8, 4) is 11.3 Å². The molecule has 0 unspecified atom stereocenters. The predicted octanol–water partition coefficient (Wildman–Crippen LogP) is 1.52. The van der Waals surface area contributed by atoms with Gasteiger partial charge in [-0.15, -0.1) is 0 Å². The Morgan fingerprint density at radius 2 is 2.11 bits per heavy atom. The highest BCUT2D eigenvalue weighted by Crippen LogP contribution is 2.16. The van der Waals surface area contributed by atoms with E-state index in [1.54, 1.807) is 12.1 Å². The van der Waals surface area contributed by atoms with E-state index in [-0.39, 0.29) is 18.5 Å². The maximum atomic E-state index is 13.1. The first-order valence-corrected chi connectivity index (χ1v) is 5.62. The van der Waals surface area contributed by atoms with Crippen molar-refractivity contribution in [3.63, 3.8) is 0 Å². The first kappa shape index (κ1) is 12.9. The van der Waals surface area contributed by atoms with E-state index in [2.05, 4.69) is 5.10 Å². The standard InChI is InChI=1S/C13H11FN2O3/c14-10-3-1-2-9(8-10)11-4-5-12(17)16(15-11)7-6-13(18)19/h1-5,8H,6-7H2,(H,18,19). The third-order valence-electron chi connectivity index (χ3n) is 2.52. The molecule has 0 aliphatic carbocycles. The van der Waals surface area contributed by atoms with Gasteiger partial charge in [0.05, 0.1) is 18.7 Å². The van der Waals surface area contributed by atoms with Crippen LogP contribution in [-0.4, -0.2) is 20.9 Å². The monoisotopic (exact) mass is 262 g/mol. The molecular weight excluding hydrogens is 251 g/mol. The minimum absolute atomic E-state index is 0.0165. The van der Waals surface area contributed by atoms with Gasteiger partial charge in [0.15, 0.2) is 0 Å². The number of hydrogen-bond acceptors (Lipinski definition) is 3. The third kappa shape index (κ3) is 3.25. The summed E-state index contributed by atoms with van der Waals surface area (Å²) in [5, 5.41) is 12.6. The number of carboxylic acid groups (broad SMARTS) is 1. The minimum atomic E-state index is -1.01. The molecule has 0 fully saturated rings. The van der Waals surface area contributed by atoms with Gasteiger partial charge in [0.25, 0.3) is 5.56 Å². The topological polar surface area (TPSA) is 72.2 Å². The van der Waals surface area contributed by atoms with Crippen molar-refractivity contribution in [3.05, 3.63) is 52.6 Å². The molecule has 1 heterocycles. The number of nitrogens with zero attached hydrogens (tertiary/aromatic N) is 2. The van der Waals surface area contributed by atoms with E-state index in [0.29, 0.717) is 11.3 Å². The van der Waals surface area contributed by atoms with E-state index >= 15 is 0 Å². The zero-order valence-electron chi connectivity index (χ0n) is 9.91. The number of carbonyl (C=O) groups is 1. The number of aryl methyl sites for hydroxylation is 1. The molecule has 0 aliphatic heterocycles. The molecule has 98 valence electrons. The molecule has 0 saturated heterocycles. The molecule has 1 aromatic carbocycles. The highest BCUT2D eigenvalue weighted by molar-refractivity contribution is 5.66. The van der Waals surface area contributed by atoms with Gasteiger partial charge in [0.1, 0.15) is 5.82 Å². The molecule has 0 bridgehead atoms. The summed E-state index contributed by atoms with van der Waals surface area (Å²) in [6.07, 6.45) is -0.195. The minimum Gasteiger partial charge on any atom is -0.481 e. The number of benzene rings is 1. The lowest BCUT2D eigenvalue weighted by atomic mass is 10.1. The normalized spacial score (nSPS) is 10.4. The van der Waals surface area contributed by atoms with E-state index < -0.39 is 11.8 Å². The summed E-state index contributed by atoms with van der Waals surface area (Å²) in [6.45, 7) is -0.0165. The van der Waals surface area contributed by atoms with Gasteiger partial charge >= 0.3 is 5.97 Å². The molecule has 0 amide bonds. The molecule has 0 aliphatic rings. The van der Waals surface area contributed by atoms with Crippen LogP contribution in [0, 0.1) is 5.82 Å². The van der Waals surface area contributed by atoms with Crippen LogP contribution < -0.4 is 5.56 Å². The molecule has 1 N–H and O–H groups in total. The fourth-order valence-electron chi connectivity index (χ4n) is 1.61. The lowest BCUT2D eigenvalue weighted by molar-refractivity contribution is -0.137. The van der Waals surface area contributed by atoms with Crippen LogP contribution in [0.25, 0.3) is 11.3 Å². The number of rotatable bonds is 4. The van der Waals surface area contributed by atoms with Gasteiger partial charge in [-0.1, -0.05) is 12.1 Å². The summed E-state index contributed by atoms with van der Waals surface area (Å²) in [5.41, 5.74) is 0.565. The Balaban J connectivity index is 2.35. The summed E-state index contributed by atoms with van der Waals surface area (Å²) >= 11 is 0. The van der Waals surface area contributed by atoms with Gasteiger partial charge in [0, 0.05) is 11.6 Å². The average Bonchev–Trinajstić information content (AvgIpc) is 2.37. The van der Waals surface area contributed by atoms with E-state index in [0.717, 1.165) is 4.68 Å². The van der Waals surface area contributed by atoms with Crippen LogP contribution in [0.5, 0.6) is 0 Å². The number of aliphatic carboxylic acids is 1. The Kier molecular flexibility index (Phi) is 3.70. The highest BCUT2D eigenvalue weighted by atomic mass is 19.1. The van der Waals surface area contributed by atoms with Gasteiger partial charge in [-0.3, -0.25) is 9.59 Å². The van der Waals surface area contributed by atoms with Crippen LogP contribution in [0.3, 0.4) is 0 Å². The lowest BCUT2D eigenvalue weighted by Gasteiger charge is -2.05. The smallest absolute Gasteiger partial charge is 0.305 e. The van der Waals surface area contributed by atoms with Crippen molar-refractivity contribution in [1.82, 2.24) is 9.78 Å². The summed E-state index contributed by atoms with van der Waals surface area (Å²) in [6, 6.07) is 8.58. The van der Waals surface area contributed by atoms with E-state index in [9.17, 15) is 14.0 Å². The maximum absolute atomic E-state index is 13.1. The second kappa shape index (κ2) is 5.43. The summed E-state index contributed by atoms with van der Waals surface area (Å²) < 4.78 is 14.2. The van der Waals surface area contributed by atoms with Crippen molar-refractivity contribution in [2.24, 2.45) is 0 Å². The Bertz CT molecular complexity index is 667. The van der Waals surface area contributed by atoms with Crippen LogP contribution in [-0.2, 0) is 11.3 Å². The van der Waals surface area contributed by atoms with Gasteiger partial charge in [-0.25, -0.2) is 9.07 Å². The molecule has 6 heteroatoms. The summed E-state index contributed by atoms with van der Waals surface area (Å²) in [5.74, 6) is -1.41. The van der Waals surface area contributed by atoms with E-state index in [1.807, 2.05) is 0 Å². The average molecular weight is 262 g/mol. The Labute approximate surface area is 107 Å². The molecule has 19 heavy (non-hydrogen) atoms. The highest BCUT2D eigenvalue weighted by Gasteiger charge is 2.06. The van der Waals surface area contributed by atoms with Crippen molar-refractivity contribution in [2.75, 3.05) is 0 Å². The predicted molar refractivity (Wildman–Crippen MR) is 66.1 cm³/mol. The zero-order valence-corrected chi connectivity index (χ0v) is 9.91. The van der Waals surface area contributed by atoms with Gasteiger partial charge in [0.2, 0.25) is 0 Å². The molecule has 0 spiro atoms. The second-order valence-electron chi connectivity index (χ2n) is 3.93. The molecule has 0 atom stereocenters. The maximum Gasteiger partial charge on any atom is 0.305 e. The van der Waals surface area contributed by atoms with Crippen molar-refractivity contribution in [1.29, 1.82) is 0 Å². The molecule has 1 aromatic heterocycles. The largest absolute Gasteiger partial charge is 0.481 e. The second-order valence-corrected chi connectivity index (χ2v) is 3.93. The van der Waals surface area contributed by atoms with Crippen molar-refractivity contribution < 1.29 is 14.3 Å². The van der Waals surface area contributed by atoms with E-state index in [4.69, 9.17) is 5.11 Å². The zero-order chi connectivity index (χ0) is 13.8. The van der Waals surface area contributed by atoms with Crippen LogP contribution in [0.4, 0.5) is 4.39 Å². The first-order chi connectivity index (χ1) is 9.06. The lowest BCUT2D eigenvalue weighted by Crippen LogP contribution is -2.23. The van der Waals surface area contributed by atoms with Crippen molar-refractivity contribution >= 4 is 5.97 Å². The molecule has 0 radical (unpaired) electrons. The SMILES string of the molecule is O=C(O)CCn1nc(-c2cccc(F)c2)ccc1=O. The van der Waals surface area contributed by atoms with Gasteiger partial charge in [-0.05, 0) is 18.2 Å². The van der Waals surface area contributed by atoms with Gasteiger partial charge in [-0.2, -0.15) is 5.10 Å². The number of carboxylic acids is 1. The summed E-state index contributed by atoms with van der Waals surface area (Å²) in [4.78, 5) is 22.0. The van der Waals surface area contributed by atoms with Crippen LogP contribution >= 0.6 is 0 Å². The van der Waals surface area contributed by atoms with Crippen LogP contribution in [0.1, 0.15) is 6.42 Å². The van der Waals surface area contributed by atoms with Crippen molar-refractivity contribution in [2.45, 2.75) is 13.0 Å². The van der Waals surface area contributed by atoms with Gasteiger partial charge < -0.3 is 5.11 Å². The first-order valence-electron chi connectivity index (χ1n) is 5.62. The molecule has 0 saturated carbocycles. The fourth-order valence-corrected chi connectivity index (χ4v) is 1.61. The number of hydrogen-bond donors (Lipinski definition) is 1. The fraction of sp³-hybridized carbons (Fsp3) is 0.154. The quantitative estimate of drug-likeness (QED) is 0.906. The Morgan fingerprint density at radius 3 is 2.79 bits per heavy atom.